The van der Waals surface area contributed by atoms with E-state index >= 15 is 0 Å². The molecule has 0 aromatic heterocycles. The lowest BCUT2D eigenvalue weighted by Gasteiger charge is -2.66. The normalized spacial score (nSPS) is 38.8. The van der Waals surface area contributed by atoms with Gasteiger partial charge in [0.2, 0.25) is 6.10 Å². The van der Waals surface area contributed by atoms with Gasteiger partial charge in [0.1, 0.15) is 12.1 Å². The highest BCUT2D eigenvalue weighted by molar-refractivity contribution is 5.98. The fraction of sp³-hybridized carbons (Fsp3) is 0.719. The average molecular weight is 633 g/mol. The first-order chi connectivity index (χ1) is 21.2. The molecule has 0 amide bonds. The van der Waals surface area contributed by atoms with Crippen LogP contribution in [0.5, 0.6) is 0 Å². The molecule has 0 radical (unpaired) electrons. The lowest BCUT2D eigenvalue weighted by molar-refractivity contribution is -0.269. The number of methoxy groups -OCH3 is 1. The Hall–Kier alpha value is -3.13. The molecule has 4 fully saturated rings. The molecule has 5 rings (SSSR count). The molecule has 1 spiro atoms. The standard InChI is InChI=1S/C32H44N2O11/c1-15(2)10-22(37)44-24-26-31-14-42-32(26,29(40)41-5)13-20(36)25(31)30(4)12-19(35)23(45-27(38)18(34)8-6-7-9-33)16(3)17(30)11-21(31)43-28(24)39/h10,17-18,20-21,24-26,36H,6-9,11-14,33-34H2,1-5H3/t17?,18-,20-,21+,24+,25?,26+,30-,31+,32+/m0/s1. The number of unbranched alkanes of at least 4 members (excludes halogenated alkanes) is 1. The van der Waals surface area contributed by atoms with Gasteiger partial charge in [-0.1, -0.05) is 18.9 Å². The second-order valence-corrected chi connectivity index (χ2v) is 13.7. The number of fused-ring (bicyclic) bond motifs is 2. The van der Waals surface area contributed by atoms with E-state index in [1.807, 2.05) is 6.92 Å². The number of aliphatic hydroxyl groups is 1. The summed E-state index contributed by atoms with van der Waals surface area (Å²) in [5.74, 6) is -5.87. The van der Waals surface area contributed by atoms with Gasteiger partial charge in [-0.2, -0.15) is 0 Å². The van der Waals surface area contributed by atoms with Crippen molar-refractivity contribution in [2.75, 3.05) is 20.3 Å². The molecule has 248 valence electrons. The third-order valence-electron chi connectivity index (χ3n) is 10.8. The van der Waals surface area contributed by atoms with Crippen molar-refractivity contribution in [1.29, 1.82) is 0 Å². The molecular weight excluding hydrogens is 588 g/mol. The van der Waals surface area contributed by atoms with Gasteiger partial charge >= 0.3 is 23.9 Å². The summed E-state index contributed by atoms with van der Waals surface area (Å²) >= 11 is 0. The van der Waals surface area contributed by atoms with Crippen LogP contribution in [-0.4, -0.2) is 85.0 Å². The fourth-order valence-corrected chi connectivity index (χ4v) is 9.22. The lowest BCUT2D eigenvalue weighted by atomic mass is 9.38. The summed E-state index contributed by atoms with van der Waals surface area (Å²) in [6, 6.07) is -0.930. The van der Waals surface area contributed by atoms with Crippen molar-refractivity contribution in [1.82, 2.24) is 0 Å². The molecule has 5 aliphatic rings. The van der Waals surface area contributed by atoms with Gasteiger partial charge in [-0.15, -0.1) is 0 Å². The molecule has 5 N–H and O–H groups in total. The fourth-order valence-electron chi connectivity index (χ4n) is 9.22. The number of hydrogen-bond donors (Lipinski definition) is 3. The van der Waals surface area contributed by atoms with E-state index in [0.717, 1.165) is 0 Å². The quantitative estimate of drug-likeness (QED) is 0.141. The average Bonchev–Trinajstić information content (AvgIpc) is 3.21. The Balaban J connectivity index is 1.57. The first-order valence-electron chi connectivity index (χ1n) is 15.6. The largest absolute Gasteiger partial charge is 0.467 e. The highest BCUT2D eigenvalue weighted by atomic mass is 16.6. The van der Waals surface area contributed by atoms with Gasteiger partial charge in [-0.3, -0.25) is 4.79 Å². The molecule has 0 aromatic carbocycles. The van der Waals surface area contributed by atoms with Crippen molar-refractivity contribution in [2.24, 2.45) is 40.1 Å². The highest BCUT2D eigenvalue weighted by Crippen LogP contribution is 2.72. The molecule has 2 unspecified atom stereocenters. The maximum absolute atomic E-state index is 13.8. The van der Waals surface area contributed by atoms with E-state index in [2.05, 4.69) is 0 Å². The van der Waals surface area contributed by atoms with Crippen LogP contribution in [0.3, 0.4) is 0 Å². The summed E-state index contributed by atoms with van der Waals surface area (Å²) in [5.41, 5.74) is 8.80. The Morgan fingerprint density at radius 2 is 1.89 bits per heavy atom. The van der Waals surface area contributed by atoms with Crippen LogP contribution in [0.2, 0.25) is 0 Å². The molecule has 2 saturated heterocycles. The van der Waals surface area contributed by atoms with Crippen LogP contribution in [0.4, 0.5) is 0 Å². The second kappa shape index (κ2) is 11.9. The minimum absolute atomic E-state index is 0.0863. The molecule has 13 heteroatoms. The molecule has 2 heterocycles. The van der Waals surface area contributed by atoms with Crippen LogP contribution in [-0.2, 0) is 47.7 Å². The molecule has 2 bridgehead atoms. The molecule has 0 aromatic rings. The molecule has 2 aliphatic heterocycles. The Morgan fingerprint density at radius 3 is 2.53 bits per heavy atom. The summed E-state index contributed by atoms with van der Waals surface area (Å²) in [6.07, 6.45) is -0.791. The van der Waals surface area contributed by atoms with Gasteiger partial charge in [0.25, 0.3) is 0 Å². The number of esters is 4. The number of carbonyl (C=O) groups excluding carboxylic acids is 5. The smallest absolute Gasteiger partial charge is 0.348 e. The van der Waals surface area contributed by atoms with Crippen LogP contribution in [0.15, 0.2) is 23.0 Å². The van der Waals surface area contributed by atoms with E-state index in [-0.39, 0.29) is 31.6 Å². The number of nitrogens with two attached hydrogens (primary N) is 2. The van der Waals surface area contributed by atoms with Crippen molar-refractivity contribution in [2.45, 2.75) is 96.2 Å². The molecule has 2 saturated carbocycles. The van der Waals surface area contributed by atoms with Crippen molar-refractivity contribution in [3.63, 3.8) is 0 Å². The maximum Gasteiger partial charge on any atom is 0.348 e. The number of ketones is 1. The van der Waals surface area contributed by atoms with E-state index < -0.39 is 88.2 Å². The number of ether oxygens (including phenoxy) is 5. The van der Waals surface area contributed by atoms with Crippen molar-refractivity contribution < 1.29 is 52.8 Å². The van der Waals surface area contributed by atoms with Crippen molar-refractivity contribution >= 4 is 29.7 Å². The van der Waals surface area contributed by atoms with E-state index in [9.17, 15) is 29.1 Å². The molecule has 45 heavy (non-hydrogen) atoms. The van der Waals surface area contributed by atoms with Crippen LogP contribution in [0.25, 0.3) is 0 Å². The van der Waals surface area contributed by atoms with Gasteiger partial charge in [0.15, 0.2) is 17.1 Å². The van der Waals surface area contributed by atoms with Gasteiger partial charge in [0.05, 0.1) is 25.7 Å². The number of rotatable bonds is 9. The second-order valence-electron chi connectivity index (χ2n) is 13.7. The molecule has 3 aliphatic carbocycles. The summed E-state index contributed by atoms with van der Waals surface area (Å²) in [4.78, 5) is 66.5. The van der Waals surface area contributed by atoms with Crippen molar-refractivity contribution in [3.8, 4) is 0 Å². The van der Waals surface area contributed by atoms with Gasteiger partial charge in [-0.25, -0.2) is 19.2 Å². The maximum atomic E-state index is 13.8. The zero-order valence-corrected chi connectivity index (χ0v) is 26.5. The first kappa shape index (κ1) is 33.2. The van der Waals surface area contributed by atoms with E-state index in [1.54, 1.807) is 20.8 Å². The Kier molecular flexibility index (Phi) is 8.79. The number of aliphatic hydroxyl groups excluding tert-OH is 1. The molecule has 10 atom stereocenters. The zero-order valence-electron chi connectivity index (χ0n) is 26.5. The predicted molar refractivity (Wildman–Crippen MR) is 155 cm³/mol. The van der Waals surface area contributed by atoms with E-state index in [0.29, 0.717) is 37.0 Å². The zero-order chi connectivity index (χ0) is 33.1. The third-order valence-corrected chi connectivity index (χ3v) is 10.8. The van der Waals surface area contributed by atoms with Crippen LogP contribution < -0.4 is 11.5 Å². The Bertz CT molecular complexity index is 1350. The summed E-state index contributed by atoms with van der Waals surface area (Å²) in [7, 11) is 1.19. The number of hydrogen-bond acceptors (Lipinski definition) is 13. The molecule has 13 nitrogen and oxygen atoms in total. The van der Waals surface area contributed by atoms with Gasteiger partial charge < -0.3 is 40.3 Å². The minimum Gasteiger partial charge on any atom is -0.467 e. The summed E-state index contributed by atoms with van der Waals surface area (Å²) in [6.45, 7) is 7.36. The number of carbonyl (C=O) groups is 5. The van der Waals surface area contributed by atoms with Crippen molar-refractivity contribution in [3.05, 3.63) is 23.0 Å². The lowest BCUT2D eigenvalue weighted by Crippen LogP contribution is -2.75. The van der Waals surface area contributed by atoms with Gasteiger partial charge in [0, 0.05) is 30.3 Å². The van der Waals surface area contributed by atoms with Crippen LogP contribution in [0.1, 0.15) is 66.2 Å². The SMILES string of the molecule is COC(=O)[C@@]12C[C@H](O)C3[C@@]4(C)CC(=O)C(OC(=O)[C@@H](N)CCCCN)=C(C)C4C[C@H]4OC(=O)[C@H](OC(=O)C=C(C)C)[C@@H]1[C@@]34CO2. The molecular formula is C32H44N2O11. The number of Topliss-reactive ketones (excluding diaryl/α,β-unsaturated/α-hetero) is 1. The Morgan fingerprint density at radius 1 is 1.18 bits per heavy atom. The monoisotopic (exact) mass is 632 g/mol. The summed E-state index contributed by atoms with van der Waals surface area (Å²) in [5, 5.41) is 11.9. The highest BCUT2D eigenvalue weighted by Gasteiger charge is 2.82. The van der Waals surface area contributed by atoms with Gasteiger partial charge in [-0.05, 0) is 63.5 Å². The minimum atomic E-state index is -1.79. The van der Waals surface area contributed by atoms with Crippen LogP contribution >= 0.6 is 0 Å². The number of allylic oxidation sites excluding steroid dienone is 3. The predicted octanol–water partition coefficient (Wildman–Crippen LogP) is 0.988. The third kappa shape index (κ3) is 5.02. The summed E-state index contributed by atoms with van der Waals surface area (Å²) < 4.78 is 28.7. The van der Waals surface area contributed by atoms with E-state index in [1.165, 1.54) is 13.2 Å². The Labute approximate surface area is 261 Å². The first-order valence-corrected chi connectivity index (χ1v) is 15.6. The van der Waals surface area contributed by atoms with E-state index in [4.69, 9.17) is 35.2 Å². The van der Waals surface area contributed by atoms with Crippen LogP contribution in [0, 0.1) is 28.6 Å². The topological polar surface area (TPSA) is 204 Å².